The summed E-state index contributed by atoms with van der Waals surface area (Å²) in [5, 5.41) is 0. The molecule has 0 N–H and O–H groups in total. The predicted molar refractivity (Wildman–Crippen MR) is 17.3 cm³/mol. The second-order valence-electron chi connectivity index (χ2n) is 0. The van der Waals surface area contributed by atoms with Crippen LogP contribution in [0.25, 0.3) is 0 Å². The Morgan fingerprint density at radius 2 is 1.00 bits per heavy atom. The van der Waals surface area contributed by atoms with Crippen molar-refractivity contribution in [3.8, 4) is 0 Å². The summed E-state index contributed by atoms with van der Waals surface area (Å²) < 4.78 is 0. The summed E-state index contributed by atoms with van der Waals surface area (Å²) in [6.07, 6.45) is 0. The van der Waals surface area contributed by atoms with Crippen LogP contribution in [-0.4, -0.2) is 69.2 Å². The van der Waals surface area contributed by atoms with Crippen molar-refractivity contribution in [2.24, 2.45) is 0 Å². The van der Waals surface area contributed by atoms with Crippen molar-refractivity contribution in [2.75, 3.05) is 0 Å². The Bertz CT molecular complexity index is 8.00. The standard InChI is InChI=1S/B.Ca.Mg.Ti. The van der Waals surface area contributed by atoms with Gasteiger partial charge in [0.05, 0.1) is 0 Å². The Hall–Kier alpha value is 2.81. The van der Waals surface area contributed by atoms with Crippen molar-refractivity contribution < 1.29 is 21.7 Å². The van der Waals surface area contributed by atoms with Gasteiger partial charge in [-0.25, -0.2) is 0 Å². The van der Waals surface area contributed by atoms with Gasteiger partial charge in [-0.2, -0.15) is 0 Å². The second kappa shape index (κ2) is 17.0. The summed E-state index contributed by atoms with van der Waals surface area (Å²) in [6, 6.07) is 0. The Balaban J connectivity index is 0. The maximum atomic E-state index is 0. The van der Waals surface area contributed by atoms with Crippen molar-refractivity contribution in [1.29, 1.82) is 0 Å². The van der Waals surface area contributed by atoms with Gasteiger partial charge in [-0.05, 0) is 0 Å². The maximum Gasteiger partial charge on any atom is 0 e. The van der Waals surface area contributed by atoms with E-state index in [0.717, 1.165) is 0 Å². The third-order valence-electron chi connectivity index (χ3n) is 0. The van der Waals surface area contributed by atoms with Gasteiger partial charge in [0, 0.05) is 90.9 Å². The molecule has 0 heterocycles. The van der Waals surface area contributed by atoms with Crippen LogP contribution in [0.5, 0.6) is 0 Å². The van der Waals surface area contributed by atoms with Gasteiger partial charge in [-0.15, -0.1) is 0 Å². The Labute approximate surface area is 89.1 Å². The van der Waals surface area contributed by atoms with Crippen molar-refractivity contribution >= 4 is 69.2 Å². The topological polar surface area (TPSA) is 0 Å². The van der Waals surface area contributed by atoms with Crippen LogP contribution in [0.4, 0.5) is 0 Å². The van der Waals surface area contributed by atoms with Crippen LogP contribution in [0.15, 0.2) is 0 Å². The molecular formula is BCaMgTi. The average Bonchev–Trinajstić information content (AvgIpc) is 0. The summed E-state index contributed by atoms with van der Waals surface area (Å²) in [5.74, 6) is 0. The molecule has 0 fully saturated rings. The summed E-state index contributed by atoms with van der Waals surface area (Å²) in [5.41, 5.74) is 0. The zero-order valence-electron chi connectivity index (χ0n) is 2.49. The molecule has 7 radical (unpaired) electrons. The number of hydrogen-bond acceptors (Lipinski definition) is 0. The smallest absolute Gasteiger partial charge is 0 e. The van der Waals surface area contributed by atoms with Crippen LogP contribution in [0.2, 0.25) is 0 Å². The quantitative estimate of drug-likeness (QED) is 0.357. The first-order chi connectivity index (χ1) is 0. The molecule has 0 aromatic rings. The molecule has 0 aliphatic rings. The van der Waals surface area contributed by atoms with Gasteiger partial charge in [-0.3, -0.25) is 0 Å². The van der Waals surface area contributed by atoms with E-state index in [9.17, 15) is 0 Å². The molecule has 0 aromatic heterocycles. The molecule has 0 spiro atoms. The van der Waals surface area contributed by atoms with Gasteiger partial charge in [0.15, 0.2) is 0 Å². The Morgan fingerprint density at radius 3 is 1.00 bits per heavy atom. The molecule has 0 amide bonds. The van der Waals surface area contributed by atoms with Crippen molar-refractivity contribution in [2.45, 2.75) is 0 Å². The van der Waals surface area contributed by atoms with Crippen LogP contribution in [0.1, 0.15) is 0 Å². The summed E-state index contributed by atoms with van der Waals surface area (Å²) in [7, 11) is 0. The molecule has 0 saturated heterocycles. The van der Waals surface area contributed by atoms with Crippen molar-refractivity contribution in [1.82, 2.24) is 0 Å². The van der Waals surface area contributed by atoms with E-state index in [1.54, 1.807) is 0 Å². The van der Waals surface area contributed by atoms with Gasteiger partial charge in [-0.1, -0.05) is 0 Å². The van der Waals surface area contributed by atoms with Gasteiger partial charge in [0.2, 0.25) is 0 Å². The van der Waals surface area contributed by atoms with Crippen LogP contribution < -0.4 is 0 Å². The number of hydrogen-bond donors (Lipinski definition) is 0. The molecule has 0 aliphatic heterocycles. The fourth-order valence-corrected chi connectivity index (χ4v) is 0. The predicted octanol–water partition coefficient (Wildman–Crippen LogP) is -1.14. The van der Waals surface area contributed by atoms with E-state index in [-0.39, 0.29) is 90.9 Å². The summed E-state index contributed by atoms with van der Waals surface area (Å²) in [6.45, 7) is 0. The minimum Gasteiger partial charge on any atom is 0 e. The third kappa shape index (κ3) is 8.84. The minimum absolute atomic E-state index is 0. The molecule has 0 nitrogen and oxygen atoms in total. The van der Waals surface area contributed by atoms with E-state index < -0.39 is 0 Å². The number of rotatable bonds is 0. The molecule has 0 unspecified atom stereocenters. The first-order valence-electron chi connectivity index (χ1n) is 0. The zero-order chi connectivity index (χ0) is 0. The first kappa shape index (κ1) is 29.1. The summed E-state index contributed by atoms with van der Waals surface area (Å²) >= 11 is 0. The van der Waals surface area contributed by atoms with Gasteiger partial charge in [0.25, 0.3) is 0 Å². The van der Waals surface area contributed by atoms with E-state index >= 15 is 0 Å². The van der Waals surface area contributed by atoms with Crippen LogP contribution in [0.3, 0.4) is 0 Å². The van der Waals surface area contributed by atoms with Gasteiger partial charge >= 0.3 is 0 Å². The Kier molecular flexibility index (Phi) is 124. The van der Waals surface area contributed by atoms with Gasteiger partial charge in [0.1, 0.15) is 0 Å². The molecule has 0 saturated carbocycles. The second-order valence-corrected chi connectivity index (χ2v) is 0. The minimum atomic E-state index is 0. The molecule has 4 heavy (non-hydrogen) atoms. The van der Waals surface area contributed by atoms with Crippen molar-refractivity contribution in [3.05, 3.63) is 0 Å². The fraction of sp³-hybridized carbons (Fsp3) is 0. The normalized spacial score (nSPS) is 0. The molecule has 4 heteroatoms. The van der Waals surface area contributed by atoms with E-state index in [1.807, 2.05) is 0 Å². The Morgan fingerprint density at radius 1 is 1.00 bits per heavy atom. The zero-order valence-corrected chi connectivity index (χ0v) is 7.68. The maximum absolute atomic E-state index is 0. The fourth-order valence-electron chi connectivity index (χ4n) is 0. The van der Waals surface area contributed by atoms with E-state index in [1.165, 1.54) is 0 Å². The average molecular weight is 123 g/mol. The van der Waals surface area contributed by atoms with Crippen LogP contribution in [0, 0.1) is 0 Å². The van der Waals surface area contributed by atoms with Crippen LogP contribution in [-0.2, 0) is 21.7 Å². The van der Waals surface area contributed by atoms with E-state index in [2.05, 4.69) is 0 Å². The van der Waals surface area contributed by atoms with Gasteiger partial charge < -0.3 is 0 Å². The molecule has 0 atom stereocenters. The largest absolute Gasteiger partial charge is 0 e. The molecule has 0 aliphatic carbocycles. The van der Waals surface area contributed by atoms with E-state index in [0.29, 0.717) is 0 Å². The molecule has 0 bridgehead atoms. The molecule has 11 valence electrons. The van der Waals surface area contributed by atoms with E-state index in [4.69, 9.17) is 0 Å². The first-order valence-corrected chi connectivity index (χ1v) is 0. The molecule has 0 aromatic carbocycles. The summed E-state index contributed by atoms with van der Waals surface area (Å²) in [4.78, 5) is 0. The molecular weight excluding hydrogens is 123 g/mol. The molecule has 0 rings (SSSR count). The monoisotopic (exact) mass is 123 g/mol. The van der Waals surface area contributed by atoms with Crippen LogP contribution >= 0.6 is 0 Å². The third-order valence-corrected chi connectivity index (χ3v) is 0. The SMILES string of the molecule is [B].[Ca].[Mg].[Ti]. The van der Waals surface area contributed by atoms with Crippen molar-refractivity contribution in [3.63, 3.8) is 0 Å².